The minimum Gasteiger partial charge on any atom is -0.383 e. The SMILES string of the molecule is COCCn1c(=NC(=O)c2ccccc2Br)sc2cc(C)ccc21. The van der Waals surface area contributed by atoms with Gasteiger partial charge in [-0.1, -0.05) is 29.5 Å². The fraction of sp³-hybridized carbons (Fsp3) is 0.222. The molecule has 0 saturated carbocycles. The Hall–Kier alpha value is -1.76. The van der Waals surface area contributed by atoms with Gasteiger partial charge in [0.1, 0.15) is 0 Å². The van der Waals surface area contributed by atoms with Gasteiger partial charge >= 0.3 is 0 Å². The zero-order valence-corrected chi connectivity index (χ0v) is 15.9. The number of ether oxygens (including phenoxy) is 1. The van der Waals surface area contributed by atoms with Crippen LogP contribution in [0.3, 0.4) is 0 Å². The molecule has 0 radical (unpaired) electrons. The summed E-state index contributed by atoms with van der Waals surface area (Å²) in [5.74, 6) is -0.253. The monoisotopic (exact) mass is 404 g/mol. The molecule has 0 saturated heterocycles. The third-order valence-electron chi connectivity index (χ3n) is 3.66. The Morgan fingerprint density at radius 1 is 1.29 bits per heavy atom. The highest BCUT2D eigenvalue weighted by Gasteiger charge is 2.11. The Labute approximate surface area is 152 Å². The van der Waals surface area contributed by atoms with Gasteiger partial charge in [-0.05, 0) is 52.7 Å². The van der Waals surface area contributed by atoms with Crippen LogP contribution >= 0.6 is 27.3 Å². The lowest BCUT2D eigenvalue weighted by molar-refractivity contribution is 0.0996. The number of aromatic nitrogens is 1. The maximum absolute atomic E-state index is 12.6. The second-order valence-electron chi connectivity index (χ2n) is 5.40. The first-order valence-corrected chi connectivity index (χ1v) is 9.13. The second kappa shape index (κ2) is 7.42. The Kier molecular flexibility index (Phi) is 5.28. The van der Waals surface area contributed by atoms with Gasteiger partial charge in [0, 0.05) is 18.1 Å². The van der Waals surface area contributed by atoms with Crippen molar-refractivity contribution in [1.82, 2.24) is 4.57 Å². The van der Waals surface area contributed by atoms with Gasteiger partial charge in [-0.25, -0.2) is 0 Å². The predicted octanol–water partition coefficient (Wildman–Crippen LogP) is 4.16. The second-order valence-corrected chi connectivity index (χ2v) is 7.26. The topological polar surface area (TPSA) is 43.6 Å². The van der Waals surface area contributed by atoms with E-state index in [1.807, 2.05) is 22.8 Å². The Morgan fingerprint density at radius 3 is 2.83 bits per heavy atom. The van der Waals surface area contributed by atoms with Gasteiger partial charge in [-0.15, -0.1) is 0 Å². The van der Waals surface area contributed by atoms with Crippen molar-refractivity contribution in [2.75, 3.05) is 13.7 Å². The predicted molar refractivity (Wildman–Crippen MR) is 100 cm³/mol. The highest BCUT2D eigenvalue weighted by molar-refractivity contribution is 9.10. The molecule has 6 heteroatoms. The van der Waals surface area contributed by atoms with E-state index in [4.69, 9.17) is 4.74 Å². The van der Waals surface area contributed by atoms with Gasteiger partial charge in [-0.3, -0.25) is 4.79 Å². The number of amides is 1. The molecular formula is C18H17BrN2O2S. The summed E-state index contributed by atoms with van der Waals surface area (Å²) >= 11 is 4.93. The van der Waals surface area contributed by atoms with Crippen molar-refractivity contribution in [1.29, 1.82) is 0 Å². The van der Waals surface area contributed by atoms with Crippen LogP contribution in [0.4, 0.5) is 0 Å². The van der Waals surface area contributed by atoms with Crippen LogP contribution in [-0.4, -0.2) is 24.2 Å². The summed E-state index contributed by atoms with van der Waals surface area (Å²) in [6.45, 7) is 3.28. The van der Waals surface area contributed by atoms with Gasteiger partial charge < -0.3 is 9.30 Å². The first-order valence-electron chi connectivity index (χ1n) is 7.52. The van der Waals surface area contributed by atoms with E-state index in [0.717, 1.165) is 14.7 Å². The van der Waals surface area contributed by atoms with E-state index in [2.05, 4.69) is 46.0 Å². The fourth-order valence-corrected chi connectivity index (χ4v) is 4.05. The molecule has 0 aliphatic carbocycles. The highest BCUT2D eigenvalue weighted by atomic mass is 79.9. The summed E-state index contributed by atoms with van der Waals surface area (Å²) in [6.07, 6.45) is 0. The number of aryl methyl sites for hydroxylation is 1. The van der Waals surface area contributed by atoms with Gasteiger partial charge in [0.05, 0.1) is 22.4 Å². The molecule has 0 unspecified atom stereocenters. The maximum Gasteiger partial charge on any atom is 0.280 e. The number of carbonyl (C=O) groups is 1. The number of nitrogens with zero attached hydrogens (tertiary/aromatic N) is 2. The zero-order chi connectivity index (χ0) is 17.1. The van der Waals surface area contributed by atoms with Crippen LogP contribution < -0.4 is 4.80 Å². The standard InChI is InChI=1S/C18H17BrN2O2S/c1-12-7-8-15-16(11-12)24-18(21(15)9-10-23-2)20-17(22)13-5-3-4-6-14(13)19/h3-8,11H,9-10H2,1-2H3. The average Bonchev–Trinajstić information content (AvgIpc) is 2.89. The summed E-state index contributed by atoms with van der Waals surface area (Å²) in [6, 6.07) is 13.6. The first-order chi connectivity index (χ1) is 11.6. The molecule has 0 spiro atoms. The molecule has 0 aliphatic rings. The first kappa shape index (κ1) is 17.1. The Morgan fingerprint density at radius 2 is 2.08 bits per heavy atom. The van der Waals surface area contributed by atoms with Gasteiger partial charge in [-0.2, -0.15) is 4.99 Å². The highest BCUT2D eigenvalue weighted by Crippen LogP contribution is 2.20. The van der Waals surface area contributed by atoms with Crippen LogP contribution in [0.5, 0.6) is 0 Å². The fourth-order valence-electron chi connectivity index (χ4n) is 2.45. The minimum atomic E-state index is -0.253. The van der Waals surface area contributed by atoms with Crippen LogP contribution in [-0.2, 0) is 11.3 Å². The van der Waals surface area contributed by atoms with Crippen molar-refractivity contribution >= 4 is 43.4 Å². The molecule has 3 aromatic rings. The number of hydrogen-bond donors (Lipinski definition) is 0. The quantitative estimate of drug-likeness (QED) is 0.654. The number of fused-ring (bicyclic) bond motifs is 1. The number of thiazole rings is 1. The lowest BCUT2D eigenvalue weighted by Crippen LogP contribution is -2.19. The summed E-state index contributed by atoms with van der Waals surface area (Å²) < 4.78 is 9.11. The summed E-state index contributed by atoms with van der Waals surface area (Å²) in [4.78, 5) is 17.6. The summed E-state index contributed by atoms with van der Waals surface area (Å²) in [5.41, 5.74) is 2.82. The molecule has 0 N–H and O–H groups in total. The molecule has 4 nitrogen and oxygen atoms in total. The maximum atomic E-state index is 12.6. The third kappa shape index (κ3) is 3.50. The van der Waals surface area contributed by atoms with Crippen molar-refractivity contribution in [3.8, 4) is 0 Å². The van der Waals surface area contributed by atoms with E-state index >= 15 is 0 Å². The molecular weight excluding hydrogens is 388 g/mol. The summed E-state index contributed by atoms with van der Waals surface area (Å²) in [5, 5.41) is 0. The van der Waals surface area contributed by atoms with Gasteiger partial charge in [0.15, 0.2) is 4.80 Å². The van der Waals surface area contributed by atoms with Crippen LogP contribution in [0.15, 0.2) is 51.9 Å². The zero-order valence-electron chi connectivity index (χ0n) is 13.5. The molecule has 1 heterocycles. The number of methoxy groups -OCH3 is 1. The normalized spacial score (nSPS) is 12.0. The van der Waals surface area contributed by atoms with Crippen molar-refractivity contribution in [3.05, 3.63) is 62.9 Å². The van der Waals surface area contributed by atoms with Crippen LogP contribution in [0, 0.1) is 6.92 Å². The Balaban J connectivity index is 2.13. The van der Waals surface area contributed by atoms with Gasteiger partial charge in [0.2, 0.25) is 0 Å². The molecule has 24 heavy (non-hydrogen) atoms. The summed E-state index contributed by atoms with van der Waals surface area (Å²) in [7, 11) is 1.67. The van der Waals surface area contributed by atoms with E-state index in [1.54, 1.807) is 13.2 Å². The molecule has 0 fully saturated rings. The van der Waals surface area contributed by atoms with E-state index < -0.39 is 0 Å². The van der Waals surface area contributed by atoms with Crippen molar-refractivity contribution < 1.29 is 9.53 Å². The number of carbonyl (C=O) groups excluding carboxylic acids is 1. The van der Waals surface area contributed by atoms with Crippen molar-refractivity contribution in [3.63, 3.8) is 0 Å². The smallest absolute Gasteiger partial charge is 0.280 e. The lowest BCUT2D eigenvalue weighted by Gasteiger charge is -2.04. The van der Waals surface area contributed by atoms with E-state index in [-0.39, 0.29) is 5.91 Å². The van der Waals surface area contributed by atoms with Crippen LogP contribution in [0.1, 0.15) is 15.9 Å². The van der Waals surface area contributed by atoms with E-state index in [1.165, 1.54) is 16.9 Å². The third-order valence-corrected chi connectivity index (χ3v) is 5.39. The molecule has 0 atom stereocenters. The molecule has 2 aromatic carbocycles. The number of rotatable bonds is 4. The van der Waals surface area contributed by atoms with E-state index in [9.17, 15) is 4.79 Å². The lowest BCUT2D eigenvalue weighted by atomic mass is 10.2. The number of halogens is 1. The largest absolute Gasteiger partial charge is 0.383 e. The minimum absolute atomic E-state index is 0.253. The number of benzene rings is 2. The molecule has 1 aromatic heterocycles. The molecule has 0 bridgehead atoms. The molecule has 1 amide bonds. The molecule has 0 aliphatic heterocycles. The van der Waals surface area contributed by atoms with Crippen LogP contribution in [0.25, 0.3) is 10.2 Å². The molecule has 3 rings (SSSR count). The van der Waals surface area contributed by atoms with Crippen molar-refractivity contribution in [2.24, 2.45) is 4.99 Å². The van der Waals surface area contributed by atoms with E-state index in [0.29, 0.717) is 23.5 Å². The molecule has 124 valence electrons. The number of hydrogen-bond acceptors (Lipinski definition) is 3. The van der Waals surface area contributed by atoms with Crippen molar-refractivity contribution in [2.45, 2.75) is 13.5 Å². The van der Waals surface area contributed by atoms with Gasteiger partial charge in [0.25, 0.3) is 5.91 Å². The van der Waals surface area contributed by atoms with Crippen LogP contribution in [0.2, 0.25) is 0 Å². The average molecular weight is 405 g/mol. The Bertz CT molecular complexity index is 959.